The van der Waals surface area contributed by atoms with Gasteiger partial charge >= 0.3 is 0 Å². The summed E-state index contributed by atoms with van der Waals surface area (Å²) in [5.41, 5.74) is 1.13. The first-order chi connectivity index (χ1) is 10.1. The Kier molecular flexibility index (Phi) is 5.59. The van der Waals surface area contributed by atoms with E-state index < -0.39 is 0 Å². The Morgan fingerprint density at radius 2 is 2.10 bits per heavy atom. The van der Waals surface area contributed by atoms with Crippen LogP contribution in [0.4, 0.5) is 0 Å². The molecule has 1 aromatic carbocycles. The number of nitrogens with one attached hydrogen (secondary N) is 2. The monoisotopic (exact) mass is 350 g/mol. The van der Waals surface area contributed by atoms with Crippen molar-refractivity contribution in [2.75, 3.05) is 0 Å². The molecule has 0 radical (unpaired) electrons. The lowest BCUT2D eigenvalue weighted by atomic mass is 10.1. The fraction of sp³-hybridized carbons (Fsp3) is 0.312. The van der Waals surface area contributed by atoms with E-state index in [1.807, 2.05) is 44.2 Å². The Bertz CT molecular complexity index is 584. The van der Waals surface area contributed by atoms with Crippen molar-refractivity contribution >= 4 is 21.8 Å². The highest BCUT2D eigenvalue weighted by Gasteiger charge is 2.16. The Labute approximate surface area is 133 Å². The lowest BCUT2D eigenvalue weighted by Crippen LogP contribution is -2.42. The molecule has 1 unspecified atom stereocenters. The first-order valence-electron chi connectivity index (χ1n) is 6.88. The number of carbonyl (C=O) groups excluding carboxylic acids is 1. The van der Waals surface area contributed by atoms with E-state index in [0.717, 1.165) is 15.8 Å². The molecule has 2 atom stereocenters. The van der Waals surface area contributed by atoms with Gasteiger partial charge in [-0.25, -0.2) is 0 Å². The van der Waals surface area contributed by atoms with Gasteiger partial charge in [-0.05, 0) is 43.7 Å². The second kappa shape index (κ2) is 7.43. The molecule has 21 heavy (non-hydrogen) atoms. The predicted octanol–water partition coefficient (Wildman–Crippen LogP) is 3.40. The summed E-state index contributed by atoms with van der Waals surface area (Å²) in [6, 6.07) is 11.5. The Balaban J connectivity index is 1.85. The van der Waals surface area contributed by atoms with Crippen LogP contribution in [-0.2, 0) is 11.3 Å². The van der Waals surface area contributed by atoms with Gasteiger partial charge in [0.15, 0.2) is 0 Å². The van der Waals surface area contributed by atoms with E-state index in [4.69, 9.17) is 4.42 Å². The van der Waals surface area contributed by atoms with Gasteiger partial charge in [0.25, 0.3) is 0 Å². The van der Waals surface area contributed by atoms with Gasteiger partial charge < -0.3 is 9.73 Å². The van der Waals surface area contributed by atoms with Gasteiger partial charge in [-0.2, -0.15) is 0 Å². The van der Waals surface area contributed by atoms with Gasteiger partial charge in [-0.1, -0.05) is 28.1 Å². The van der Waals surface area contributed by atoms with E-state index in [1.54, 1.807) is 12.3 Å². The minimum atomic E-state index is -0.283. The van der Waals surface area contributed by atoms with Gasteiger partial charge in [0.05, 0.1) is 18.8 Å². The average molecular weight is 351 g/mol. The molecule has 1 aromatic heterocycles. The molecule has 1 heterocycles. The van der Waals surface area contributed by atoms with E-state index in [9.17, 15) is 4.79 Å². The lowest BCUT2D eigenvalue weighted by molar-refractivity contribution is -0.123. The van der Waals surface area contributed by atoms with Crippen molar-refractivity contribution in [1.29, 1.82) is 0 Å². The summed E-state index contributed by atoms with van der Waals surface area (Å²) in [7, 11) is 0. The molecule has 0 aliphatic carbocycles. The zero-order valence-corrected chi connectivity index (χ0v) is 13.7. The van der Waals surface area contributed by atoms with Crippen molar-refractivity contribution in [1.82, 2.24) is 10.6 Å². The van der Waals surface area contributed by atoms with Crippen LogP contribution >= 0.6 is 15.9 Å². The van der Waals surface area contributed by atoms with Gasteiger partial charge in [-0.15, -0.1) is 0 Å². The Morgan fingerprint density at radius 1 is 1.29 bits per heavy atom. The maximum absolute atomic E-state index is 12.0. The molecule has 0 aliphatic heterocycles. The smallest absolute Gasteiger partial charge is 0.237 e. The van der Waals surface area contributed by atoms with E-state index in [2.05, 4.69) is 26.6 Å². The molecule has 0 saturated carbocycles. The van der Waals surface area contributed by atoms with Crippen LogP contribution in [0.3, 0.4) is 0 Å². The maximum atomic E-state index is 12.0. The molecule has 5 heteroatoms. The third kappa shape index (κ3) is 4.72. The quantitative estimate of drug-likeness (QED) is 0.839. The summed E-state index contributed by atoms with van der Waals surface area (Å²) in [6.45, 7) is 4.30. The highest BCUT2D eigenvalue weighted by atomic mass is 79.9. The molecule has 2 rings (SSSR count). The largest absolute Gasteiger partial charge is 0.467 e. The fourth-order valence-electron chi connectivity index (χ4n) is 2.06. The van der Waals surface area contributed by atoms with Crippen LogP contribution in [0.1, 0.15) is 31.2 Å². The number of hydrogen-bond acceptors (Lipinski definition) is 3. The second-order valence-corrected chi connectivity index (χ2v) is 5.88. The van der Waals surface area contributed by atoms with Crippen LogP contribution in [0.2, 0.25) is 0 Å². The minimum absolute atomic E-state index is 0.0479. The predicted molar refractivity (Wildman–Crippen MR) is 85.7 cm³/mol. The molecule has 0 spiro atoms. The standard InChI is InChI=1S/C16H19BrN2O2/c1-11(13-5-3-6-14(17)9-13)19-12(2)16(20)18-10-15-7-4-8-21-15/h3-9,11-12,19H,10H2,1-2H3,(H,18,20)/t11-,12?/m1/s1. The molecule has 4 nitrogen and oxygen atoms in total. The van der Waals surface area contributed by atoms with Crippen LogP contribution in [0.15, 0.2) is 51.6 Å². The van der Waals surface area contributed by atoms with E-state index in [-0.39, 0.29) is 18.0 Å². The van der Waals surface area contributed by atoms with Crippen LogP contribution in [0.25, 0.3) is 0 Å². The molecule has 112 valence electrons. The first-order valence-corrected chi connectivity index (χ1v) is 7.67. The van der Waals surface area contributed by atoms with Crippen molar-refractivity contribution in [3.63, 3.8) is 0 Å². The maximum Gasteiger partial charge on any atom is 0.237 e. The van der Waals surface area contributed by atoms with Crippen molar-refractivity contribution < 1.29 is 9.21 Å². The molecule has 2 aromatic rings. The summed E-state index contributed by atoms with van der Waals surface area (Å²) in [4.78, 5) is 12.0. The second-order valence-electron chi connectivity index (χ2n) is 4.96. The molecule has 0 bridgehead atoms. The third-order valence-corrected chi connectivity index (χ3v) is 3.75. The highest BCUT2D eigenvalue weighted by molar-refractivity contribution is 9.10. The Morgan fingerprint density at radius 3 is 2.76 bits per heavy atom. The fourth-order valence-corrected chi connectivity index (χ4v) is 2.48. The van der Waals surface area contributed by atoms with Crippen LogP contribution in [0, 0.1) is 0 Å². The summed E-state index contributed by atoms with van der Waals surface area (Å²) < 4.78 is 6.22. The summed E-state index contributed by atoms with van der Waals surface area (Å²) in [5.74, 6) is 0.698. The van der Waals surface area contributed by atoms with Crippen LogP contribution in [-0.4, -0.2) is 11.9 Å². The topological polar surface area (TPSA) is 54.3 Å². The lowest BCUT2D eigenvalue weighted by Gasteiger charge is -2.20. The van der Waals surface area contributed by atoms with E-state index in [0.29, 0.717) is 6.54 Å². The molecule has 1 amide bonds. The van der Waals surface area contributed by atoms with Crippen molar-refractivity contribution in [3.05, 3.63) is 58.5 Å². The molecule has 0 fully saturated rings. The van der Waals surface area contributed by atoms with Crippen LogP contribution < -0.4 is 10.6 Å². The molecular weight excluding hydrogens is 332 g/mol. The van der Waals surface area contributed by atoms with Crippen molar-refractivity contribution in [2.45, 2.75) is 32.5 Å². The number of hydrogen-bond donors (Lipinski definition) is 2. The van der Waals surface area contributed by atoms with Gasteiger partial charge in [-0.3, -0.25) is 10.1 Å². The zero-order valence-electron chi connectivity index (χ0n) is 12.1. The zero-order chi connectivity index (χ0) is 15.2. The van der Waals surface area contributed by atoms with Crippen LogP contribution in [0.5, 0.6) is 0 Å². The number of carbonyl (C=O) groups is 1. The molecular formula is C16H19BrN2O2. The summed E-state index contributed by atoms with van der Waals surface area (Å²) >= 11 is 3.46. The van der Waals surface area contributed by atoms with Gasteiger partial charge in [0.2, 0.25) is 5.91 Å². The molecule has 2 N–H and O–H groups in total. The number of furan rings is 1. The number of benzene rings is 1. The Hall–Kier alpha value is -1.59. The number of halogens is 1. The number of rotatable bonds is 6. The summed E-state index contributed by atoms with van der Waals surface area (Å²) in [5, 5.41) is 6.14. The average Bonchev–Trinajstić information content (AvgIpc) is 2.97. The summed E-state index contributed by atoms with van der Waals surface area (Å²) in [6.07, 6.45) is 1.60. The third-order valence-electron chi connectivity index (χ3n) is 3.26. The molecule has 0 saturated heterocycles. The van der Waals surface area contributed by atoms with E-state index in [1.165, 1.54) is 0 Å². The number of amides is 1. The first kappa shape index (κ1) is 15.8. The minimum Gasteiger partial charge on any atom is -0.467 e. The van der Waals surface area contributed by atoms with E-state index >= 15 is 0 Å². The van der Waals surface area contributed by atoms with Gasteiger partial charge in [0, 0.05) is 10.5 Å². The normalized spacial score (nSPS) is 13.7. The van der Waals surface area contributed by atoms with Crippen molar-refractivity contribution in [3.8, 4) is 0 Å². The van der Waals surface area contributed by atoms with Crippen molar-refractivity contribution in [2.24, 2.45) is 0 Å². The molecule has 0 aliphatic rings. The van der Waals surface area contributed by atoms with Gasteiger partial charge in [0.1, 0.15) is 5.76 Å². The highest BCUT2D eigenvalue weighted by Crippen LogP contribution is 2.18. The SMILES string of the molecule is CC(N[C@H](C)c1cccc(Br)c1)C(=O)NCc1ccco1.